The van der Waals surface area contributed by atoms with Gasteiger partial charge in [0.2, 0.25) is 0 Å². The summed E-state index contributed by atoms with van der Waals surface area (Å²) in [5, 5.41) is 9.39. The second-order valence-corrected chi connectivity index (χ2v) is 4.22. The van der Waals surface area contributed by atoms with E-state index in [-0.39, 0.29) is 12.5 Å². The lowest BCUT2D eigenvalue weighted by atomic mass is 10.1. The van der Waals surface area contributed by atoms with Gasteiger partial charge in [0.25, 0.3) is 0 Å². The van der Waals surface area contributed by atoms with E-state index in [1.54, 1.807) is 12.1 Å². The number of carbonyl (C=O) groups is 1. The Bertz CT molecular complexity index is 422. The number of hydrogen-bond acceptors (Lipinski definition) is 3. The number of nitrogens with zero attached hydrogens (tertiary/aromatic N) is 1. The zero-order valence-corrected chi connectivity index (χ0v) is 9.57. The molecule has 1 N–H and O–H groups in total. The average molecular weight is 242 g/mol. The fraction of sp³-hybridized carbons (Fsp3) is 0.364. The van der Waals surface area contributed by atoms with Crippen LogP contribution in [0.2, 0.25) is 5.02 Å². The minimum absolute atomic E-state index is 0.0680. The summed E-state index contributed by atoms with van der Waals surface area (Å²) in [5.74, 6) is -0.116. The van der Waals surface area contributed by atoms with Crippen molar-refractivity contribution < 1.29 is 14.6 Å². The van der Waals surface area contributed by atoms with Gasteiger partial charge in [-0.25, -0.2) is 0 Å². The molecule has 0 spiro atoms. The molecule has 1 heterocycles. The van der Waals surface area contributed by atoms with E-state index in [1.807, 2.05) is 18.0 Å². The van der Waals surface area contributed by atoms with Gasteiger partial charge in [-0.15, -0.1) is 0 Å². The van der Waals surface area contributed by atoms with Gasteiger partial charge >= 0.3 is 5.97 Å². The van der Waals surface area contributed by atoms with Crippen molar-refractivity contribution in [3.63, 3.8) is 0 Å². The number of carboxylic acids is 1. The van der Waals surface area contributed by atoms with Crippen LogP contribution in [0.25, 0.3) is 0 Å². The number of rotatable bonds is 2. The van der Waals surface area contributed by atoms with Crippen LogP contribution < -0.4 is 9.64 Å². The fourth-order valence-electron chi connectivity index (χ4n) is 1.79. The quantitative estimate of drug-likeness (QED) is 0.861. The lowest BCUT2D eigenvalue weighted by Gasteiger charge is -2.35. The summed E-state index contributed by atoms with van der Waals surface area (Å²) < 4.78 is 5.50. The van der Waals surface area contributed by atoms with Crippen molar-refractivity contribution in [2.75, 3.05) is 18.6 Å². The molecule has 0 saturated carbocycles. The second kappa shape index (κ2) is 4.22. The molecule has 0 unspecified atom stereocenters. The Kier molecular flexibility index (Phi) is 2.92. The second-order valence-electron chi connectivity index (χ2n) is 3.79. The molecule has 1 aliphatic heterocycles. The molecule has 0 saturated heterocycles. The first-order chi connectivity index (χ1) is 7.58. The van der Waals surface area contributed by atoms with E-state index in [1.165, 1.54) is 0 Å². The van der Waals surface area contributed by atoms with Gasteiger partial charge in [-0.05, 0) is 12.1 Å². The van der Waals surface area contributed by atoms with Crippen molar-refractivity contribution in [2.45, 2.75) is 12.5 Å². The van der Waals surface area contributed by atoms with Gasteiger partial charge in [-0.1, -0.05) is 11.6 Å². The molecule has 0 amide bonds. The highest BCUT2D eigenvalue weighted by molar-refractivity contribution is 6.30. The summed E-state index contributed by atoms with van der Waals surface area (Å²) in [4.78, 5) is 12.6. The first-order valence-corrected chi connectivity index (χ1v) is 5.32. The molecule has 4 nitrogen and oxygen atoms in total. The molecular weight excluding hydrogens is 230 g/mol. The van der Waals surface area contributed by atoms with Crippen molar-refractivity contribution in [1.82, 2.24) is 0 Å². The van der Waals surface area contributed by atoms with E-state index in [4.69, 9.17) is 21.4 Å². The van der Waals surface area contributed by atoms with Crippen molar-refractivity contribution in [3.05, 3.63) is 23.2 Å². The van der Waals surface area contributed by atoms with Crippen LogP contribution in [0.4, 0.5) is 5.69 Å². The summed E-state index contributed by atoms with van der Waals surface area (Å²) in [7, 11) is 1.86. The molecular formula is C11H12ClNO3. The average Bonchev–Trinajstić information content (AvgIpc) is 2.22. The number of anilines is 1. The number of ether oxygens (including phenoxy) is 1. The number of benzene rings is 1. The highest BCUT2D eigenvalue weighted by Gasteiger charge is 2.26. The molecule has 0 aliphatic carbocycles. The van der Waals surface area contributed by atoms with E-state index in [0.717, 1.165) is 5.69 Å². The summed E-state index contributed by atoms with van der Waals surface area (Å²) in [5.41, 5.74) is 0.877. The molecule has 86 valence electrons. The Hall–Kier alpha value is -1.42. The van der Waals surface area contributed by atoms with Gasteiger partial charge in [-0.2, -0.15) is 0 Å². The third kappa shape index (κ3) is 2.07. The smallest absolute Gasteiger partial charge is 0.305 e. The molecule has 1 atom stereocenters. The Morgan fingerprint density at radius 1 is 1.69 bits per heavy atom. The number of halogens is 1. The van der Waals surface area contributed by atoms with Gasteiger partial charge < -0.3 is 14.7 Å². The van der Waals surface area contributed by atoms with Gasteiger partial charge in [-0.3, -0.25) is 4.79 Å². The standard InChI is InChI=1S/C11H12ClNO3/c1-13-8(5-11(14)15)6-16-10-4-7(12)2-3-9(10)13/h2-4,8H,5-6H2,1H3,(H,14,15)/t8-/m0/s1. The minimum atomic E-state index is -0.821. The van der Waals surface area contributed by atoms with E-state index >= 15 is 0 Å². The van der Waals surface area contributed by atoms with Crippen molar-refractivity contribution in [3.8, 4) is 5.75 Å². The molecule has 1 aliphatic rings. The molecule has 0 fully saturated rings. The Balaban J connectivity index is 2.25. The molecule has 1 aromatic rings. The Morgan fingerprint density at radius 3 is 3.12 bits per heavy atom. The summed E-state index contributed by atoms with van der Waals surface area (Å²) in [6.45, 7) is 0.371. The van der Waals surface area contributed by atoms with Crippen LogP contribution in [0.3, 0.4) is 0 Å². The Morgan fingerprint density at radius 2 is 2.44 bits per heavy atom. The first-order valence-electron chi connectivity index (χ1n) is 4.95. The van der Waals surface area contributed by atoms with Crippen LogP contribution >= 0.6 is 11.6 Å². The molecule has 5 heteroatoms. The largest absolute Gasteiger partial charge is 0.489 e. The maximum absolute atomic E-state index is 10.7. The monoisotopic (exact) mass is 241 g/mol. The minimum Gasteiger partial charge on any atom is -0.489 e. The predicted molar refractivity (Wildman–Crippen MR) is 61.4 cm³/mol. The third-order valence-electron chi connectivity index (χ3n) is 2.69. The lowest BCUT2D eigenvalue weighted by Crippen LogP contribution is -2.41. The topological polar surface area (TPSA) is 49.8 Å². The maximum Gasteiger partial charge on any atom is 0.305 e. The summed E-state index contributed by atoms with van der Waals surface area (Å²) >= 11 is 5.85. The van der Waals surface area contributed by atoms with E-state index < -0.39 is 5.97 Å². The highest BCUT2D eigenvalue weighted by Crippen LogP contribution is 2.35. The van der Waals surface area contributed by atoms with Crippen LogP contribution in [0, 0.1) is 0 Å². The van der Waals surface area contributed by atoms with Crippen LogP contribution in [0.1, 0.15) is 6.42 Å². The summed E-state index contributed by atoms with van der Waals surface area (Å²) in [6.07, 6.45) is 0.0680. The number of aliphatic carboxylic acids is 1. The fourth-order valence-corrected chi connectivity index (χ4v) is 1.95. The number of fused-ring (bicyclic) bond motifs is 1. The molecule has 0 aromatic heterocycles. The van der Waals surface area contributed by atoms with Crippen LogP contribution in [-0.4, -0.2) is 30.8 Å². The normalized spacial score (nSPS) is 18.9. The van der Waals surface area contributed by atoms with Gasteiger partial charge in [0, 0.05) is 18.1 Å². The molecule has 0 radical (unpaired) electrons. The SMILES string of the molecule is CN1c2ccc(Cl)cc2OC[C@@H]1CC(=O)O. The third-order valence-corrected chi connectivity index (χ3v) is 2.93. The van der Waals surface area contributed by atoms with Crippen molar-refractivity contribution in [1.29, 1.82) is 0 Å². The highest BCUT2D eigenvalue weighted by atomic mass is 35.5. The van der Waals surface area contributed by atoms with Gasteiger partial charge in [0.05, 0.1) is 18.2 Å². The van der Waals surface area contributed by atoms with E-state index in [2.05, 4.69) is 0 Å². The van der Waals surface area contributed by atoms with E-state index in [9.17, 15) is 4.79 Å². The predicted octanol–water partition coefficient (Wildman–Crippen LogP) is 2.01. The maximum atomic E-state index is 10.7. The van der Waals surface area contributed by atoms with Gasteiger partial charge in [0.15, 0.2) is 0 Å². The lowest BCUT2D eigenvalue weighted by molar-refractivity contribution is -0.137. The first kappa shape index (κ1) is 11.1. The summed E-state index contributed by atoms with van der Waals surface area (Å²) in [6, 6.07) is 5.21. The van der Waals surface area contributed by atoms with E-state index in [0.29, 0.717) is 17.4 Å². The van der Waals surface area contributed by atoms with Crippen LogP contribution in [-0.2, 0) is 4.79 Å². The Labute approximate surface area is 98.4 Å². The van der Waals surface area contributed by atoms with Crippen LogP contribution in [0.5, 0.6) is 5.75 Å². The zero-order valence-electron chi connectivity index (χ0n) is 8.81. The number of carboxylic acid groups (broad SMARTS) is 1. The number of hydrogen-bond donors (Lipinski definition) is 1. The molecule has 0 bridgehead atoms. The molecule has 16 heavy (non-hydrogen) atoms. The van der Waals surface area contributed by atoms with Crippen molar-refractivity contribution in [2.24, 2.45) is 0 Å². The van der Waals surface area contributed by atoms with Crippen molar-refractivity contribution >= 4 is 23.3 Å². The number of likely N-dealkylation sites (N-methyl/N-ethyl adjacent to an activating group) is 1. The molecule has 1 aromatic carbocycles. The zero-order chi connectivity index (χ0) is 11.7. The van der Waals surface area contributed by atoms with Gasteiger partial charge in [0.1, 0.15) is 12.4 Å². The molecule has 2 rings (SSSR count). The van der Waals surface area contributed by atoms with Crippen LogP contribution in [0.15, 0.2) is 18.2 Å².